The SMILES string of the molecule is NCCNC(=O)CCCCCCCCCCCOP(=O)(O)OCCC(=O)O. The monoisotopic (exact) mass is 410 g/mol. The van der Waals surface area contributed by atoms with Crippen molar-refractivity contribution in [3.8, 4) is 0 Å². The van der Waals surface area contributed by atoms with E-state index in [0.29, 0.717) is 25.9 Å². The van der Waals surface area contributed by atoms with Gasteiger partial charge in [-0.1, -0.05) is 44.9 Å². The number of carbonyl (C=O) groups is 2. The maximum absolute atomic E-state index is 11.4. The zero-order valence-electron chi connectivity index (χ0n) is 16.1. The number of nitrogens with two attached hydrogens (primary N) is 1. The first-order valence-electron chi connectivity index (χ1n) is 9.68. The number of phosphoric ester groups is 1. The van der Waals surface area contributed by atoms with E-state index in [9.17, 15) is 19.0 Å². The van der Waals surface area contributed by atoms with Crippen molar-refractivity contribution < 1.29 is 33.2 Å². The summed E-state index contributed by atoms with van der Waals surface area (Å²) in [7, 11) is -4.14. The van der Waals surface area contributed by atoms with Crippen molar-refractivity contribution in [2.45, 2.75) is 70.6 Å². The number of carboxylic acids is 1. The Hall–Kier alpha value is -0.990. The van der Waals surface area contributed by atoms with Gasteiger partial charge in [0.2, 0.25) is 5.91 Å². The Balaban J connectivity index is 3.34. The van der Waals surface area contributed by atoms with Gasteiger partial charge in [0.15, 0.2) is 0 Å². The van der Waals surface area contributed by atoms with E-state index >= 15 is 0 Å². The van der Waals surface area contributed by atoms with Gasteiger partial charge in [-0.2, -0.15) is 0 Å². The molecule has 0 aliphatic rings. The van der Waals surface area contributed by atoms with Crippen LogP contribution in [0.25, 0.3) is 0 Å². The van der Waals surface area contributed by atoms with Crippen LogP contribution in [0.5, 0.6) is 0 Å². The van der Waals surface area contributed by atoms with Crippen molar-refractivity contribution in [3.63, 3.8) is 0 Å². The minimum Gasteiger partial charge on any atom is -0.481 e. The highest BCUT2D eigenvalue weighted by Crippen LogP contribution is 2.43. The number of carbonyl (C=O) groups excluding carboxylic acids is 1. The highest BCUT2D eigenvalue weighted by molar-refractivity contribution is 7.47. The van der Waals surface area contributed by atoms with Crippen LogP contribution >= 0.6 is 7.82 Å². The van der Waals surface area contributed by atoms with Crippen LogP contribution in [0.15, 0.2) is 0 Å². The molecule has 0 spiro atoms. The second kappa shape index (κ2) is 17.1. The molecule has 0 radical (unpaired) electrons. The molecule has 1 atom stereocenters. The molecule has 0 aromatic carbocycles. The normalized spacial score (nSPS) is 13.3. The summed E-state index contributed by atoms with van der Waals surface area (Å²) in [6.45, 7) is 0.782. The Morgan fingerprint density at radius 1 is 0.852 bits per heavy atom. The van der Waals surface area contributed by atoms with Gasteiger partial charge >= 0.3 is 13.8 Å². The molecule has 1 amide bonds. The van der Waals surface area contributed by atoms with Crippen LogP contribution in [0.2, 0.25) is 0 Å². The molecule has 10 heteroatoms. The van der Waals surface area contributed by atoms with Gasteiger partial charge in [-0.3, -0.25) is 18.6 Å². The van der Waals surface area contributed by atoms with E-state index < -0.39 is 13.8 Å². The number of carboxylic acid groups (broad SMARTS) is 1. The average molecular weight is 410 g/mol. The van der Waals surface area contributed by atoms with Crippen molar-refractivity contribution in [3.05, 3.63) is 0 Å². The molecule has 5 N–H and O–H groups in total. The molecule has 0 aromatic heterocycles. The maximum Gasteiger partial charge on any atom is 0.472 e. The molecule has 9 nitrogen and oxygen atoms in total. The predicted octanol–water partition coefficient (Wildman–Crippen LogP) is 2.57. The number of nitrogens with one attached hydrogen (secondary N) is 1. The standard InChI is InChI=1S/C17H35N2O7P/c18-12-13-19-16(20)10-8-6-4-2-1-3-5-7-9-14-25-27(23,24)26-15-11-17(21)22/h1-15,18H2,(H,19,20)(H,21,22)(H,23,24). The zero-order chi connectivity index (χ0) is 20.4. The molecule has 27 heavy (non-hydrogen) atoms. The fourth-order valence-electron chi connectivity index (χ4n) is 2.39. The van der Waals surface area contributed by atoms with E-state index in [4.69, 9.17) is 15.4 Å². The van der Waals surface area contributed by atoms with E-state index in [2.05, 4.69) is 9.84 Å². The third kappa shape index (κ3) is 19.6. The van der Waals surface area contributed by atoms with E-state index in [1.165, 1.54) is 0 Å². The van der Waals surface area contributed by atoms with Crippen LogP contribution < -0.4 is 11.1 Å². The van der Waals surface area contributed by atoms with Crippen LogP contribution in [0.3, 0.4) is 0 Å². The first kappa shape index (κ1) is 26.0. The van der Waals surface area contributed by atoms with Crippen LogP contribution in [0.1, 0.15) is 70.6 Å². The molecule has 0 heterocycles. The lowest BCUT2D eigenvalue weighted by Gasteiger charge is -2.11. The minimum atomic E-state index is -4.14. The summed E-state index contributed by atoms with van der Waals surface area (Å²) < 4.78 is 20.8. The summed E-state index contributed by atoms with van der Waals surface area (Å²) in [4.78, 5) is 31.0. The van der Waals surface area contributed by atoms with Gasteiger partial charge in [-0.15, -0.1) is 0 Å². The van der Waals surface area contributed by atoms with Gasteiger partial charge in [0.05, 0.1) is 19.6 Å². The summed E-state index contributed by atoms with van der Waals surface area (Å²) in [5, 5.41) is 11.2. The van der Waals surface area contributed by atoms with Gasteiger partial charge in [0, 0.05) is 19.5 Å². The largest absolute Gasteiger partial charge is 0.481 e. The van der Waals surface area contributed by atoms with Gasteiger partial charge in [-0.25, -0.2) is 4.57 Å². The Morgan fingerprint density at radius 3 is 1.93 bits per heavy atom. The summed E-state index contributed by atoms with van der Waals surface area (Å²) in [6.07, 6.45) is 9.27. The molecule has 0 rings (SSSR count). The fraction of sp³-hybridized carbons (Fsp3) is 0.882. The summed E-state index contributed by atoms with van der Waals surface area (Å²) in [6, 6.07) is 0. The van der Waals surface area contributed by atoms with Crippen molar-refractivity contribution in [1.29, 1.82) is 0 Å². The number of rotatable bonds is 19. The number of aliphatic carboxylic acids is 1. The lowest BCUT2D eigenvalue weighted by Crippen LogP contribution is -2.28. The molecule has 1 unspecified atom stereocenters. The summed E-state index contributed by atoms with van der Waals surface area (Å²) in [5.41, 5.74) is 5.31. The molecule has 0 bridgehead atoms. The van der Waals surface area contributed by atoms with Gasteiger partial charge in [0.1, 0.15) is 0 Å². The van der Waals surface area contributed by atoms with Crippen molar-refractivity contribution in [2.75, 3.05) is 26.3 Å². The lowest BCUT2D eigenvalue weighted by atomic mass is 10.1. The van der Waals surface area contributed by atoms with Crippen LogP contribution in [0, 0.1) is 0 Å². The highest BCUT2D eigenvalue weighted by Gasteiger charge is 2.20. The first-order valence-corrected chi connectivity index (χ1v) is 11.2. The van der Waals surface area contributed by atoms with Crippen molar-refractivity contribution in [1.82, 2.24) is 5.32 Å². The van der Waals surface area contributed by atoms with E-state index in [-0.39, 0.29) is 25.5 Å². The third-order valence-electron chi connectivity index (χ3n) is 3.84. The third-order valence-corrected chi connectivity index (χ3v) is 4.86. The van der Waals surface area contributed by atoms with Crippen LogP contribution in [0.4, 0.5) is 0 Å². The Labute approximate surface area is 161 Å². The molecule has 0 aromatic rings. The molecule has 0 saturated heterocycles. The van der Waals surface area contributed by atoms with Gasteiger partial charge in [0.25, 0.3) is 0 Å². The van der Waals surface area contributed by atoms with Gasteiger partial charge in [-0.05, 0) is 12.8 Å². The quantitative estimate of drug-likeness (QED) is 0.188. The topological polar surface area (TPSA) is 148 Å². The number of unbranched alkanes of at least 4 members (excludes halogenated alkanes) is 8. The molecular formula is C17H35N2O7P. The van der Waals surface area contributed by atoms with Crippen molar-refractivity contribution in [2.24, 2.45) is 5.73 Å². The predicted molar refractivity (Wildman–Crippen MR) is 102 cm³/mol. The van der Waals surface area contributed by atoms with E-state index in [1.54, 1.807) is 0 Å². The summed E-state index contributed by atoms with van der Waals surface area (Å²) >= 11 is 0. The fourth-order valence-corrected chi connectivity index (χ4v) is 3.15. The molecule has 0 fully saturated rings. The number of hydrogen-bond acceptors (Lipinski definition) is 6. The molecular weight excluding hydrogens is 375 g/mol. The molecule has 0 aliphatic carbocycles. The molecule has 160 valence electrons. The summed E-state index contributed by atoms with van der Waals surface area (Å²) in [5.74, 6) is -1.02. The van der Waals surface area contributed by atoms with Crippen molar-refractivity contribution >= 4 is 19.7 Å². The highest BCUT2D eigenvalue weighted by atomic mass is 31.2. The smallest absolute Gasteiger partial charge is 0.472 e. The molecule has 0 aliphatic heterocycles. The number of hydrogen-bond donors (Lipinski definition) is 4. The Kier molecular flexibility index (Phi) is 16.5. The van der Waals surface area contributed by atoms with E-state index in [1.807, 2.05) is 0 Å². The first-order chi connectivity index (χ1) is 12.9. The van der Waals surface area contributed by atoms with E-state index in [0.717, 1.165) is 51.4 Å². The van der Waals surface area contributed by atoms with Crippen LogP contribution in [-0.2, 0) is 23.2 Å². The van der Waals surface area contributed by atoms with Gasteiger partial charge < -0.3 is 21.1 Å². The zero-order valence-corrected chi connectivity index (χ0v) is 17.0. The second-order valence-electron chi connectivity index (χ2n) is 6.35. The second-order valence-corrected chi connectivity index (χ2v) is 7.80. The maximum atomic E-state index is 11.4. The average Bonchev–Trinajstić information content (AvgIpc) is 2.60. The van der Waals surface area contributed by atoms with Crippen LogP contribution in [-0.4, -0.2) is 48.2 Å². The number of amides is 1. The minimum absolute atomic E-state index is 0.0716. The lowest BCUT2D eigenvalue weighted by molar-refractivity contribution is -0.137. The molecule has 0 saturated carbocycles. The Morgan fingerprint density at radius 2 is 1.37 bits per heavy atom. The number of phosphoric acid groups is 1. The Bertz CT molecular complexity index is 449.